The molecule has 0 saturated carbocycles. The van der Waals surface area contributed by atoms with Gasteiger partial charge in [-0.3, -0.25) is 4.79 Å². The van der Waals surface area contributed by atoms with Crippen LogP contribution in [-0.4, -0.2) is 31.6 Å². The molecule has 1 aromatic heterocycles. The first kappa shape index (κ1) is 13.2. The third-order valence-electron chi connectivity index (χ3n) is 2.07. The Hall–Kier alpha value is -0.870. The molecule has 0 aliphatic heterocycles. The zero-order chi connectivity index (χ0) is 12.0. The van der Waals surface area contributed by atoms with E-state index < -0.39 is 0 Å². The van der Waals surface area contributed by atoms with Gasteiger partial charge in [-0.2, -0.15) is 0 Å². The van der Waals surface area contributed by atoms with E-state index in [-0.39, 0.29) is 5.97 Å². The smallest absolute Gasteiger partial charge is 0.306 e. The predicted molar refractivity (Wildman–Crippen MR) is 66.7 cm³/mol. The minimum atomic E-state index is -0.106. The summed E-state index contributed by atoms with van der Waals surface area (Å²) in [6.45, 7) is 3.26. The van der Waals surface area contributed by atoms with Crippen molar-refractivity contribution in [3.8, 4) is 0 Å². The maximum atomic E-state index is 11.2. The number of nitrogens with zero attached hydrogens (tertiary/aromatic N) is 1. The van der Waals surface area contributed by atoms with Crippen molar-refractivity contribution < 1.29 is 9.53 Å². The molecule has 3 nitrogen and oxygen atoms in total. The fraction of sp³-hybridized carbons (Fsp3) is 0.583. The highest BCUT2D eigenvalue weighted by atomic mass is 32.1. The molecule has 16 heavy (non-hydrogen) atoms. The van der Waals surface area contributed by atoms with Gasteiger partial charge in [0.1, 0.15) is 0 Å². The fourth-order valence-corrected chi connectivity index (χ4v) is 2.55. The first-order valence-corrected chi connectivity index (χ1v) is 6.31. The third kappa shape index (κ3) is 4.77. The van der Waals surface area contributed by atoms with Crippen LogP contribution in [0.1, 0.15) is 23.1 Å². The average Bonchev–Trinajstić information content (AvgIpc) is 2.62. The van der Waals surface area contributed by atoms with Gasteiger partial charge in [-0.1, -0.05) is 0 Å². The number of carbonyl (C=O) groups is 1. The summed E-state index contributed by atoms with van der Waals surface area (Å²) >= 11 is 1.77. The van der Waals surface area contributed by atoms with Crippen molar-refractivity contribution in [1.29, 1.82) is 0 Å². The number of esters is 1. The molecule has 4 heteroatoms. The predicted octanol–water partition coefficient (Wildman–Crippen LogP) is 2.31. The first-order chi connectivity index (χ1) is 7.61. The van der Waals surface area contributed by atoms with E-state index in [2.05, 4.69) is 31.1 Å². The summed E-state index contributed by atoms with van der Waals surface area (Å²) in [6.07, 6.45) is 1.27. The molecule has 0 radical (unpaired) electrons. The number of hydrogen-bond acceptors (Lipinski definition) is 4. The second-order valence-corrected chi connectivity index (χ2v) is 5.16. The Bertz CT molecular complexity index is 334. The fourth-order valence-electron chi connectivity index (χ4n) is 1.41. The van der Waals surface area contributed by atoms with Crippen LogP contribution in [0, 0.1) is 0 Å². The minimum Gasteiger partial charge on any atom is -0.466 e. The topological polar surface area (TPSA) is 29.5 Å². The molecule has 0 aromatic carbocycles. The van der Waals surface area contributed by atoms with Gasteiger partial charge in [-0.25, -0.2) is 0 Å². The van der Waals surface area contributed by atoms with E-state index in [9.17, 15) is 4.79 Å². The molecule has 0 bridgehead atoms. The van der Waals surface area contributed by atoms with E-state index in [1.807, 2.05) is 6.92 Å². The van der Waals surface area contributed by atoms with Crippen LogP contribution in [0.5, 0.6) is 0 Å². The Morgan fingerprint density at radius 2 is 2.06 bits per heavy atom. The van der Waals surface area contributed by atoms with E-state index in [4.69, 9.17) is 4.74 Å². The normalized spacial score (nSPS) is 10.8. The Kier molecular flexibility index (Phi) is 5.49. The average molecular weight is 241 g/mol. The lowest BCUT2D eigenvalue weighted by Gasteiger charge is -2.06. The second kappa shape index (κ2) is 6.66. The molecule has 0 aliphatic rings. The molecule has 0 aliphatic carbocycles. The van der Waals surface area contributed by atoms with Gasteiger partial charge >= 0.3 is 5.97 Å². The second-order valence-electron chi connectivity index (χ2n) is 3.91. The lowest BCUT2D eigenvalue weighted by molar-refractivity contribution is -0.143. The Morgan fingerprint density at radius 3 is 2.69 bits per heavy atom. The van der Waals surface area contributed by atoms with Crippen molar-refractivity contribution >= 4 is 17.3 Å². The van der Waals surface area contributed by atoms with E-state index in [1.165, 1.54) is 9.75 Å². The SMILES string of the molecule is CCOC(=O)CCc1ccc(CN(C)C)s1. The van der Waals surface area contributed by atoms with E-state index in [0.717, 1.165) is 13.0 Å². The highest BCUT2D eigenvalue weighted by Gasteiger charge is 2.05. The molecule has 0 fully saturated rings. The lowest BCUT2D eigenvalue weighted by Crippen LogP contribution is -2.09. The molecule has 90 valence electrons. The summed E-state index contributed by atoms with van der Waals surface area (Å²) in [5.74, 6) is -0.106. The summed E-state index contributed by atoms with van der Waals surface area (Å²) in [7, 11) is 4.11. The number of carbonyl (C=O) groups excluding carboxylic acids is 1. The van der Waals surface area contributed by atoms with Gasteiger partial charge in [0.05, 0.1) is 13.0 Å². The molecule has 0 N–H and O–H groups in total. The molecule has 0 atom stereocenters. The molecule has 1 aromatic rings. The van der Waals surface area contributed by atoms with Crippen LogP contribution >= 0.6 is 11.3 Å². The van der Waals surface area contributed by atoms with Crippen molar-refractivity contribution in [3.05, 3.63) is 21.9 Å². The summed E-state index contributed by atoms with van der Waals surface area (Å²) in [4.78, 5) is 15.9. The van der Waals surface area contributed by atoms with Crippen molar-refractivity contribution in [2.45, 2.75) is 26.3 Å². The maximum Gasteiger partial charge on any atom is 0.306 e. The number of rotatable bonds is 6. The number of hydrogen-bond donors (Lipinski definition) is 0. The summed E-state index contributed by atoms with van der Waals surface area (Å²) in [5, 5.41) is 0. The molecule has 0 unspecified atom stereocenters. The van der Waals surface area contributed by atoms with Gasteiger partial charge < -0.3 is 9.64 Å². The third-order valence-corrected chi connectivity index (χ3v) is 3.20. The van der Waals surface area contributed by atoms with Gasteiger partial charge in [0, 0.05) is 16.3 Å². The van der Waals surface area contributed by atoms with Crippen LogP contribution in [0.4, 0.5) is 0 Å². The van der Waals surface area contributed by atoms with Gasteiger partial charge in [0.25, 0.3) is 0 Å². The van der Waals surface area contributed by atoms with Crippen molar-refractivity contribution in [2.75, 3.05) is 20.7 Å². The Labute approximate surface area is 101 Å². The maximum absolute atomic E-state index is 11.2. The first-order valence-electron chi connectivity index (χ1n) is 5.49. The van der Waals surface area contributed by atoms with Gasteiger partial charge in [-0.15, -0.1) is 11.3 Å². The van der Waals surface area contributed by atoms with Crippen molar-refractivity contribution in [2.24, 2.45) is 0 Å². The van der Waals surface area contributed by atoms with Crippen LogP contribution < -0.4 is 0 Å². The molecule has 0 spiro atoms. The summed E-state index contributed by atoms with van der Waals surface area (Å²) in [6, 6.07) is 4.23. The molecular weight excluding hydrogens is 222 g/mol. The summed E-state index contributed by atoms with van der Waals surface area (Å²) in [5.41, 5.74) is 0. The minimum absolute atomic E-state index is 0.106. The summed E-state index contributed by atoms with van der Waals surface area (Å²) < 4.78 is 4.89. The Morgan fingerprint density at radius 1 is 1.38 bits per heavy atom. The van der Waals surface area contributed by atoms with Crippen LogP contribution in [0.15, 0.2) is 12.1 Å². The quantitative estimate of drug-likeness (QED) is 0.716. The van der Waals surface area contributed by atoms with E-state index in [1.54, 1.807) is 11.3 Å². The molecular formula is C12H19NO2S. The van der Waals surface area contributed by atoms with E-state index >= 15 is 0 Å². The van der Waals surface area contributed by atoms with E-state index in [0.29, 0.717) is 13.0 Å². The van der Waals surface area contributed by atoms with Crippen LogP contribution in [0.25, 0.3) is 0 Å². The largest absolute Gasteiger partial charge is 0.466 e. The van der Waals surface area contributed by atoms with Crippen LogP contribution in [0.3, 0.4) is 0 Å². The van der Waals surface area contributed by atoms with Crippen molar-refractivity contribution in [3.63, 3.8) is 0 Å². The van der Waals surface area contributed by atoms with Crippen LogP contribution in [0.2, 0.25) is 0 Å². The highest BCUT2D eigenvalue weighted by Crippen LogP contribution is 2.19. The molecule has 1 heterocycles. The number of ether oxygens (including phenoxy) is 1. The number of aryl methyl sites for hydroxylation is 1. The molecule has 0 saturated heterocycles. The zero-order valence-electron chi connectivity index (χ0n) is 10.2. The molecule has 1 rings (SSSR count). The molecule has 0 amide bonds. The highest BCUT2D eigenvalue weighted by molar-refractivity contribution is 7.11. The number of thiophene rings is 1. The van der Waals surface area contributed by atoms with Gasteiger partial charge in [-0.05, 0) is 39.6 Å². The van der Waals surface area contributed by atoms with Gasteiger partial charge in [0.15, 0.2) is 0 Å². The van der Waals surface area contributed by atoms with Crippen molar-refractivity contribution in [1.82, 2.24) is 4.90 Å². The Balaban J connectivity index is 2.37. The lowest BCUT2D eigenvalue weighted by atomic mass is 10.2. The monoisotopic (exact) mass is 241 g/mol. The standard InChI is InChI=1S/C12H19NO2S/c1-4-15-12(14)8-7-10-5-6-11(16-10)9-13(2)3/h5-6H,4,7-9H2,1-3H3. The van der Waals surface area contributed by atoms with Gasteiger partial charge in [0.2, 0.25) is 0 Å². The van der Waals surface area contributed by atoms with Crippen LogP contribution in [-0.2, 0) is 22.5 Å². The zero-order valence-corrected chi connectivity index (χ0v) is 11.0.